The maximum atomic E-state index is 13.2. The van der Waals surface area contributed by atoms with E-state index in [1.807, 2.05) is 12.1 Å². The Labute approximate surface area is 201 Å². The zero-order valence-electron chi connectivity index (χ0n) is 17.6. The van der Waals surface area contributed by atoms with Crippen molar-refractivity contribution < 1.29 is 12.8 Å². The number of benzene rings is 2. The Balaban J connectivity index is 0.00000341. The fourth-order valence-corrected chi connectivity index (χ4v) is 5.07. The molecule has 0 bridgehead atoms. The summed E-state index contributed by atoms with van der Waals surface area (Å²) in [4.78, 5) is 4.58. The molecule has 2 aromatic rings. The van der Waals surface area contributed by atoms with Gasteiger partial charge in [-0.1, -0.05) is 30.3 Å². The second-order valence-electron chi connectivity index (χ2n) is 7.42. The molecule has 2 aromatic carbocycles. The van der Waals surface area contributed by atoms with Gasteiger partial charge in [0.15, 0.2) is 5.96 Å². The average molecular weight is 560 g/mol. The summed E-state index contributed by atoms with van der Waals surface area (Å²) in [5, 5.41) is 6.56. The fraction of sp³-hybridized carbons (Fsp3) is 0.409. The van der Waals surface area contributed by atoms with Crippen LogP contribution in [-0.2, 0) is 16.4 Å². The molecule has 0 unspecified atom stereocenters. The van der Waals surface area contributed by atoms with E-state index in [-0.39, 0.29) is 29.8 Å². The topological polar surface area (TPSA) is 73.8 Å². The van der Waals surface area contributed by atoms with Crippen LogP contribution in [0.1, 0.15) is 18.4 Å². The van der Waals surface area contributed by atoms with Crippen LogP contribution in [0, 0.1) is 11.7 Å². The second kappa shape index (κ2) is 12.4. The molecule has 1 aliphatic rings. The van der Waals surface area contributed by atoms with Crippen molar-refractivity contribution in [1.29, 1.82) is 0 Å². The van der Waals surface area contributed by atoms with Crippen LogP contribution in [0.4, 0.5) is 4.39 Å². The Morgan fingerprint density at radius 1 is 1.10 bits per heavy atom. The van der Waals surface area contributed by atoms with Crippen molar-refractivity contribution in [3.63, 3.8) is 0 Å². The standard InChI is InChI=1S/C22H29FN4O2S.HI/c1-24-22(25-13-10-18-6-5-7-20(23)16-18)26-17-19-11-14-27(15-12-19)30(28,29)21-8-3-2-4-9-21;/h2-9,16,19H,10-15,17H2,1H3,(H2,24,25,26);1H. The highest BCUT2D eigenvalue weighted by molar-refractivity contribution is 14.0. The number of aliphatic imine (C=N–C) groups is 1. The van der Waals surface area contributed by atoms with E-state index in [2.05, 4.69) is 15.6 Å². The summed E-state index contributed by atoms with van der Waals surface area (Å²) >= 11 is 0. The number of sulfonamides is 1. The van der Waals surface area contributed by atoms with Gasteiger partial charge < -0.3 is 10.6 Å². The Morgan fingerprint density at radius 3 is 2.45 bits per heavy atom. The van der Waals surface area contributed by atoms with Crippen molar-refractivity contribution in [3.8, 4) is 0 Å². The summed E-state index contributed by atoms with van der Waals surface area (Å²) in [6.45, 7) is 2.43. The number of rotatable bonds is 7. The zero-order valence-corrected chi connectivity index (χ0v) is 20.8. The maximum absolute atomic E-state index is 13.2. The van der Waals surface area contributed by atoms with E-state index >= 15 is 0 Å². The van der Waals surface area contributed by atoms with Crippen LogP contribution < -0.4 is 10.6 Å². The van der Waals surface area contributed by atoms with E-state index < -0.39 is 10.0 Å². The second-order valence-corrected chi connectivity index (χ2v) is 9.36. The molecule has 170 valence electrons. The maximum Gasteiger partial charge on any atom is 0.243 e. The van der Waals surface area contributed by atoms with Crippen LogP contribution in [0.3, 0.4) is 0 Å². The number of hydrogen-bond donors (Lipinski definition) is 2. The molecule has 31 heavy (non-hydrogen) atoms. The van der Waals surface area contributed by atoms with Crippen LogP contribution in [0.5, 0.6) is 0 Å². The number of halogens is 2. The molecule has 0 saturated carbocycles. The lowest BCUT2D eigenvalue weighted by atomic mass is 9.98. The van der Waals surface area contributed by atoms with Gasteiger partial charge in [-0.05, 0) is 55.0 Å². The lowest BCUT2D eigenvalue weighted by Gasteiger charge is -2.31. The molecule has 0 amide bonds. The monoisotopic (exact) mass is 560 g/mol. The van der Waals surface area contributed by atoms with Crippen molar-refractivity contribution >= 4 is 40.0 Å². The van der Waals surface area contributed by atoms with Gasteiger partial charge in [0.1, 0.15) is 5.82 Å². The number of hydrogen-bond acceptors (Lipinski definition) is 3. The summed E-state index contributed by atoms with van der Waals surface area (Å²) in [6.07, 6.45) is 2.31. The Bertz CT molecular complexity index is 949. The lowest BCUT2D eigenvalue weighted by Crippen LogP contribution is -2.44. The first-order valence-corrected chi connectivity index (χ1v) is 11.7. The molecule has 0 radical (unpaired) electrons. The minimum atomic E-state index is -3.41. The summed E-state index contributed by atoms with van der Waals surface area (Å²) in [7, 11) is -1.70. The normalized spacial score (nSPS) is 15.9. The van der Waals surface area contributed by atoms with E-state index in [4.69, 9.17) is 0 Å². The highest BCUT2D eigenvalue weighted by Gasteiger charge is 2.29. The largest absolute Gasteiger partial charge is 0.356 e. The van der Waals surface area contributed by atoms with Gasteiger partial charge in [-0.2, -0.15) is 4.31 Å². The highest BCUT2D eigenvalue weighted by atomic mass is 127. The van der Waals surface area contributed by atoms with E-state index in [1.54, 1.807) is 41.7 Å². The van der Waals surface area contributed by atoms with Crippen LogP contribution >= 0.6 is 24.0 Å². The van der Waals surface area contributed by atoms with Gasteiger partial charge in [0, 0.05) is 33.2 Å². The zero-order chi connectivity index (χ0) is 21.4. The van der Waals surface area contributed by atoms with Crippen molar-refractivity contribution in [2.24, 2.45) is 10.9 Å². The lowest BCUT2D eigenvalue weighted by molar-refractivity contribution is 0.273. The quantitative estimate of drug-likeness (QED) is 0.310. The van der Waals surface area contributed by atoms with Gasteiger partial charge in [0.25, 0.3) is 0 Å². The average Bonchev–Trinajstić information content (AvgIpc) is 2.77. The Kier molecular flexibility index (Phi) is 10.2. The minimum absolute atomic E-state index is 0. The SMILES string of the molecule is CN=C(NCCc1cccc(F)c1)NCC1CCN(S(=O)(=O)c2ccccc2)CC1.I. The molecular weight excluding hydrogens is 530 g/mol. The van der Waals surface area contributed by atoms with Gasteiger partial charge in [-0.3, -0.25) is 4.99 Å². The van der Waals surface area contributed by atoms with E-state index in [9.17, 15) is 12.8 Å². The molecule has 0 aromatic heterocycles. The third-order valence-corrected chi connectivity index (χ3v) is 7.24. The third kappa shape index (κ3) is 7.43. The van der Waals surface area contributed by atoms with E-state index in [0.29, 0.717) is 42.8 Å². The summed E-state index contributed by atoms with van der Waals surface area (Å²) < 4.78 is 40.3. The fourth-order valence-electron chi connectivity index (χ4n) is 3.57. The smallest absolute Gasteiger partial charge is 0.243 e. The number of piperidine rings is 1. The minimum Gasteiger partial charge on any atom is -0.356 e. The summed E-state index contributed by atoms with van der Waals surface area (Å²) in [6, 6.07) is 15.2. The molecular formula is C22H30FIN4O2S. The van der Waals surface area contributed by atoms with Gasteiger partial charge in [0.05, 0.1) is 4.90 Å². The molecule has 1 heterocycles. The highest BCUT2D eigenvalue weighted by Crippen LogP contribution is 2.23. The van der Waals surface area contributed by atoms with E-state index in [0.717, 1.165) is 24.9 Å². The van der Waals surface area contributed by atoms with E-state index in [1.165, 1.54) is 12.1 Å². The first-order chi connectivity index (χ1) is 14.5. The predicted octanol–water partition coefficient (Wildman–Crippen LogP) is 3.25. The number of nitrogens with zero attached hydrogens (tertiary/aromatic N) is 2. The summed E-state index contributed by atoms with van der Waals surface area (Å²) in [5.41, 5.74) is 0.935. The molecule has 6 nitrogen and oxygen atoms in total. The first-order valence-electron chi connectivity index (χ1n) is 10.2. The van der Waals surface area contributed by atoms with Crippen molar-refractivity contribution in [2.45, 2.75) is 24.2 Å². The van der Waals surface area contributed by atoms with Crippen LogP contribution in [0.15, 0.2) is 64.5 Å². The Hall–Kier alpha value is -1.72. The van der Waals surface area contributed by atoms with Gasteiger partial charge in [-0.15, -0.1) is 24.0 Å². The Morgan fingerprint density at radius 2 is 1.81 bits per heavy atom. The van der Waals surface area contributed by atoms with Crippen LogP contribution in [0.25, 0.3) is 0 Å². The van der Waals surface area contributed by atoms with Crippen molar-refractivity contribution in [1.82, 2.24) is 14.9 Å². The molecule has 0 atom stereocenters. The van der Waals surface area contributed by atoms with Crippen molar-refractivity contribution in [2.75, 3.05) is 33.2 Å². The number of nitrogens with one attached hydrogen (secondary N) is 2. The predicted molar refractivity (Wildman–Crippen MR) is 133 cm³/mol. The first kappa shape index (κ1) is 25.5. The van der Waals surface area contributed by atoms with Gasteiger partial charge in [0.2, 0.25) is 10.0 Å². The third-order valence-electron chi connectivity index (χ3n) is 5.33. The van der Waals surface area contributed by atoms with Crippen molar-refractivity contribution in [3.05, 3.63) is 66.0 Å². The molecule has 2 N–H and O–H groups in total. The van der Waals surface area contributed by atoms with Gasteiger partial charge in [-0.25, -0.2) is 12.8 Å². The number of guanidine groups is 1. The molecule has 9 heteroatoms. The molecule has 0 aliphatic carbocycles. The molecule has 1 fully saturated rings. The summed E-state index contributed by atoms with van der Waals surface area (Å²) in [5.74, 6) is 0.857. The molecule has 1 aliphatic heterocycles. The van der Waals surface area contributed by atoms with Crippen LogP contribution in [-0.4, -0.2) is 51.9 Å². The molecule has 0 spiro atoms. The van der Waals surface area contributed by atoms with Crippen LogP contribution in [0.2, 0.25) is 0 Å². The molecule has 3 rings (SSSR count). The van der Waals surface area contributed by atoms with Gasteiger partial charge >= 0.3 is 0 Å². The molecule has 1 saturated heterocycles.